The molecule has 4 nitrogen and oxygen atoms in total. The number of benzene rings is 1. The zero-order chi connectivity index (χ0) is 19.2. The molecule has 0 aromatic heterocycles. The fourth-order valence-corrected chi connectivity index (χ4v) is 3.08. The molecule has 0 saturated heterocycles. The van der Waals surface area contributed by atoms with E-state index in [2.05, 4.69) is 6.92 Å². The summed E-state index contributed by atoms with van der Waals surface area (Å²) in [7, 11) is 0. The molecule has 0 amide bonds. The van der Waals surface area contributed by atoms with Crippen molar-refractivity contribution in [3.8, 4) is 0 Å². The summed E-state index contributed by atoms with van der Waals surface area (Å²) in [4.78, 5) is 24.6. The molecular weight excluding hydrogens is 328 g/mol. The van der Waals surface area contributed by atoms with Crippen LogP contribution in [0, 0.1) is 0 Å². The largest absolute Gasteiger partial charge is 0.462 e. The number of carbonyl (C=O) groups excluding carboxylic acids is 2. The summed E-state index contributed by atoms with van der Waals surface area (Å²) in [6.07, 6.45) is 10.6. The van der Waals surface area contributed by atoms with Gasteiger partial charge in [-0.05, 0) is 38.3 Å². The molecule has 0 spiro atoms. The highest BCUT2D eigenvalue weighted by Crippen LogP contribution is 2.21. The van der Waals surface area contributed by atoms with Crippen LogP contribution in [0.5, 0.6) is 0 Å². The van der Waals surface area contributed by atoms with Gasteiger partial charge in [-0.3, -0.25) is 0 Å². The topological polar surface area (TPSA) is 52.6 Å². The molecule has 0 radical (unpaired) electrons. The van der Waals surface area contributed by atoms with Crippen molar-refractivity contribution >= 4 is 11.9 Å². The van der Waals surface area contributed by atoms with Gasteiger partial charge in [0.2, 0.25) is 0 Å². The van der Waals surface area contributed by atoms with Crippen molar-refractivity contribution in [3.63, 3.8) is 0 Å². The minimum absolute atomic E-state index is 0.281. The molecule has 0 unspecified atom stereocenters. The molecule has 0 atom stereocenters. The van der Waals surface area contributed by atoms with E-state index in [1.54, 1.807) is 19.9 Å². The van der Waals surface area contributed by atoms with Crippen LogP contribution in [0.1, 0.15) is 98.4 Å². The molecule has 0 aliphatic rings. The predicted molar refractivity (Wildman–Crippen MR) is 105 cm³/mol. The Morgan fingerprint density at radius 3 is 1.96 bits per heavy atom. The van der Waals surface area contributed by atoms with Crippen molar-refractivity contribution in [1.29, 1.82) is 0 Å². The molecule has 0 saturated carbocycles. The number of unbranched alkanes of at least 4 members (excludes halogenated alkanes) is 7. The van der Waals surface area contributed by atoms with Crippen molar-refractivity contribution in [3.05, 3.63) is 34.9 Å². The van der Waals surface area contributed by atoms with E-state index in [9.17, 15) is 9.59 Å². The first kappa shape index (κ1) is 22.2. The van der Waals surface area contributed by atoms with Crippen molar-refractivity contribution in [2.75, 3.05) is 13.2 Å². The summed E-state index contributed by atoms with van der Waals surface area (Å²) < 4.78 is 10.3. The Labute approximate surface area is 158 Å². The van der Waals surface area contributed by atoms with Crippen molar-refractivity contribution in [2.24, 2.45) is 0 Å². The Kier molecular flexibility index (Phi) is 11.4. The highest BCUT2D eigenvalue weighted by molar-refractivity contribution is 6.04. The van der Waals surface area contributed by atoms with Crippen LogP contribution in [0.4, 0.5) is 0 Å². The second kappa shape index (κ2) is 13.4. The Morgan fingerprint density at radius 1 is 0.769 bits per heavy atom. The van der Waals surface area contributed by atoms with Crippen LogP contribution in [-0.4, -0.2) is 25.2 Å². The second-order valence-corrected chi connectivity index (χ2v) is 6.51. The van der Waals surface area contributed by atoms with E-state index in [1.807, 2.05) is 12.1 Å². The number of aryl methyl sites for hydroxylation is 1. The van der Waals surface area contributed by atoms with Crippen LogP contribution in [0.25, 0.3) is 0 Å². The number of ether oxygens (including phenoxy) is 2. The van der Waals surface area contributed by atoms with Crippen LogP contribution < -0.4 is 0 Å². The lowest BCUT2D eigenvalue weighted by molar-refractivity contribution is 0.0477. The van der Waals surface area contributed by atoms with Gasteiger partial charge >= 0.3 is 11.9 Å². The summed E-state index contributed by atoms with van der Waals surface area (Å²) in [6.45, 7) is 6.32. The van der Waals surface area contributed by atoms with Crippen molar-refractivity contribution in [1.82, 2.24) is 0 Å². The molecule has 0 aliphatic heterocycles. The second-order valence-electron chi connectivity index (χ2n) is 6.51. The third-order valence-corrected chi connectivity index (χ3v) is 4.43. The predicted octanol–water partition coefficient (Wildman–Crippen LogP) is 5.72. The van der Waals surface area contributed by atoms with E-state index in [0.29, 0.717) is 11.1 Å². The lowest BCUT2D eigenvalue weighted by Gasteiger charge is -2.13. The first-order chi connectivity index (χ1) is 12.7. The van der Waals surface area contributed by atoms with Crippen LogP contribution in [-0.2, 0) is 15.9 Å². The molecule has 0 N–H and O–H groups in total. The third-order valence-electron chi connectivity index (χ3n) is 4.43. The van der Waals surface area contributed by atoms with E-state index < -0.39 is 11.9 Å². The van der Waals surface area contributed by atoms with E-state index in [-0.39, 0.29) is 13.2 Å². The first-order valence-corrected chi connectivity index (χ1v) is 10.1. The minimum atomic E-state index is -0.465. The van der Waals surface area contributed by atoms with Crippen LogP contribution >= 0.6 is 0 Å². The van der Waals surface area contributed by atoms with Gasteiger partial charge in [0.1, 0.15) is 0 Å². The van der Waals surface area contributed by atoms with Gasteiger partial charge in [0.05, 0.1) is 24.3 Å². The minimum Gasteiger partial charge on any atom is -0.462 e. The molecule has 26 heavy (non-hydrogen) atoms. The smallest absolute Gasteiger partial charge is 0.339 e. The molecule has 0 aliphatic carbocycles. The van der Waals surface area contributed by atoms with E-state index in [0.717, 1.165) is 24.8 Å². The maximum atomic E-state index is 12.4. The van der Waals surface area contributed by atoms with Gasteiger partial charge in [0.25, 0.3) is 0 Å². The van der Waals surface area contributed by atoms with E-state index in [1.165, 1.54) is 38.5 Å². The standard InChI is InChI=1S/C22H34O4/c1-4-7-8-9-10-11-12-13-15-18-16-14-17-19(21(23)25-5-2)20(18)22(24)26-6-3/h14,16-17H,4-13,15H2,1-3H3. The molecule has 0 heterocycles. The van der Waals surface area contributed by atoms with Gasteiger partial charge < -0.3 is 9.47 Å². The summed E-state index contributed by atoms with van der Waals surface area (Å²) in [5.74, 6) is -0.904. The van der Waals surface area contributed by atoms with Gasteiger partial charge in [0, 0.05) is 0 Å². The van der Waals surface area contributed by atoms with Crippen LogP contribution in [0.2, 0.25) is 0 Å². The fraction of sp³-hybridized carbons (Fsp3) is 0.636. The molecule has 1 aromatic carbocycles. The van der Waals surface area contributed by atoms with E-state index >= 15 is 0 Å². The Bertz CT molecular complexity index is 551. The lowest BCUT2D eigenvalue weighted by Crippen LogP contribution is -2.16. The zero-order valence-electron chi connectivity index (χ0n) is 16.6. The van der Waals surface area contributed by atoms with Gasteiger partial charge in [-0.25, -0.2) is 9.59 Å². The molecule has 146 valence electrons. The highest BCUT2D eigenvalue weighted by atomic mass is 16.5. The van der Waals surface area contributed by atoms with Gasteiger partial charge in [-0.2, -0.15) is 0 Å². The van der Waals surface area contributed by atoms with Gasteiger partial charge in [-0.15, -0.1) is 0 Å². The number of carbonyl (C=O) groups is 2. The molecular formula is C22H34O4. The number of hydrogen-bond acceptors (Lipinski definition) is 4. The summed E-state index contributed by atoms with van der Waals surface area (Å²) in [6, 6.07) is 5.37. The molecule has 1 aromatic rings. The summed E-state index contributed by atoms with van der Waals surface area (Å²) >= 11 is 0. The summed E-state index contributed by atoms with van der Waals surface area (Å²) in [5.41, 5.74) is 1.55. The number of esters is 2. The molecule has 1 rings (SSSR count). The zero-order valence-corrected chi connectivity index (χ0v) is 16.6. The monoisotopic (exact) mass is 362 g/mol. The highest BCUT2D eigenvalue weighted by Gasteiger charge is 2.22. The fourth-order valence-electron chi connectivity index (χ4n) is 3.08. The average Bonchev–Trinajstić information content (AvgIpc) is 2.64. The van der Waals surface area contributed by atoms with Crippen molar-refractivity contribution in [2.45, 2.75) is 78.6 Å². The molecule has 0 fully saturated rings. The maximum absolute atomic E-state index is 12.4. The number of hydrogen-bond donors (Lipinski definition) is 0. The molecule has 4 heteroatoms. The Balaban J connectivity index is 2.69. The Hall–Kier alpha value is -1.84. The normalized spacial score (nSPS) is 10.6. The maximum Gasteiger partial charge on any atom is 0.339 e. The molecule has 0 bridgehead atoms. The average molecular weight is 363 g/mol. The van der Waals surface area contributed by atoms with Gasteiger partial charge in [-0.1, -0.05) is 64.0 Å². The lowest BCUT2D eigenvalue weighted by atomic mass is 9.96. The van der Waals surface area contributed by atoms with Crippen LogP contribution in [0.3, 0.4) is 0 Å². The van der Waals surface area contributed by atoms with Gasteiger partial charge in [0.15, 0.2) is 0 Å². The first-order valence-electron chi connectivity index (χ1n) is 10.1. The SMILES string of the molecule is CCCCCCCCCCc1cccc(C(=O)OCC)c1C(=O)OCC. The summed E-state index contributed by atoms with van der Waals surface area (Å²) in [5, 5.41) is 0. The third kappa shape index (κ3) is 7.59. The van der Waals surface area contributed by atoms with Crippen molar-refractivity contribution < 1.29 is 19.1 Å². The number of rotatable bonds is 13. The quantitative estimate of drug-likeness (QED) is 0.332. The van der Waals surface area contributed by atoms with Crippen LogP contribution in [0.15, 0.2) is 18.2 Å². The Morgan fingerprint density at radius 2 is 1.35 bits per heavy atom. The van der Waals surface area contributed by atoms with E-state index in [4.69, 9.17) is 9.47 Å².